The molecule has 1 aromatic heterocycles. The molecule has 1 heterocycles. The van der Waals surface area contributed by atoms with Crippen LogP contribution in [0.25, 0.3) is 11.0 Å². The van der Waals surface area contributed by atoms with Crippen molar-refractivity contribution in [3.8, 4) is 5.75 Å². The molecule has 0 aliphatic heterocycles. The molecule has 0 aliphatic rings. The number of hydrogen-bond acceptors (Lipinski definition) is 9. The minimum Gasteiger partial charge on any atom is -0.422 e. The molecule has 25 heavy (non-hydrogen) atoms. The van der Waals surface area contributed by atoms with Crippen LogP contribution in [-0.2, 0) is 9.59 Å². The second-order valence-electron chi connectivity index (χ2n) is 5.36. The number of hydrogen-bond donors (Lipinski definition) is 4. The number of aryl methyl sites for hydroxylation is 1. The zero-order valence-corrected chi connectivity index (χ0v) is 13.1. The highest BCUT2D eigenvalue weighted by Gasteiger charge is 2.35. The second-order valence-corrected chi connectivity index (χ2v) is 5.36. The largest absolute Gasteiger partial charge is 0.422 e. The van der Waals surface area contributed by atoms with E-state index in [0.717, 1.165) is 0 Å². The second kappa shape index (κ2) is 7.53. The molecule has 0 bridgehead atoms. The monoisotopic (exact) mass is 352 g/mol. The molecule has 0 radical (unpaired) electrons. The number of carbonyl (C=O) groups excluding carboxylic acids is 2. The quantitative estimate of drug-likeness (QED) is 0.214. The van der Waals surface area contributed by atoms with E-state index in [4.69, 9.17) is 14.3 Å². The SMILES string of the molecule is Cc1cc2ccc(OC(=O)C(=O)[C@@H](O)[C@H](O)[C@@H](O)CO)cc2oc1=O. The summed E-state index contributed by atoms with van der Waals surface area (Å²) >= 11 is 0. The molecule has 2 rings (SSSR count). The van der Waals surface area contributed by atoms with Crippen LogP contribution in [0.15, 0.2) is 33.5 Å². The van der Waals surface area contributed by atoms with Crippen LogP contribution in [0.1, 0.15) is 5.56 Å². The smallest absolute Gasteiger partial charge is 0.382 e. The van der Waals surface area contributed by atoms with Crippen molar-refractivity contribution in [1.82, 2.24) is 0 Å². The van der Waals surface area contributed by atoms with Crippen LogP contribution in [0.5, 0.6) is 5.75 Å². The maximum absolute atomic E-state index is 11.7. The number of ether oxygens (including phenoxy) is 1. The van der Waals surface area contributed by atoms with Crippen LogP contribution in [0.4, 0.5) is 0 Å². The fourth-order valence-corrected chi connectivity index (χ4v) is 2.01. The highest BCUT2D eigenvalue weighted by Crippen LogP contribution is 2.20. The van der Waals surface area contributed by atoms with Crippen molar-refractivity contribution in [2.45, 2.75) is 25.2 Å². The number of aliphatic hydroxyl groups is 4. The Labute approximate surface area is 140 Å². The molecule has 0 aliphatic carbocycles. The molecule has 0 fully saturated rings. The number of esters is 1. The Morgan fingerprint density at radius 1 is 1.20 bits per heavy atom. The van der Waals surface area contributed by atoms with E-state index in [2.05, 4.69) is 0 Å². The predicted octanol–water partition coefficient (Wildman–Crippen LogP) is -1.35. The molecule has 3 atom stereocenters. The van der Waals surface area contributed by atoms with E-state index in [0.29, 0.717) is 10.9 Å². The number of benzene rings is 1. The van der Waals surface area contributed by atoms with Crippen molar-refractivity contribution >= 4 is 22.7 Å². The molecule has 0 saturated carbocycles. The lowest BCUT2D eigenvalue weighted by atomic mass is 10.0. The van der Waals surface area contributed by atoms with E-state index >= 15 is 0 Å². The number of fused-ring (bicyclic) bond motifs is 1. The van der Waals surface area contributed by atoms with E-state index in [9.17, 15) is 29.7 Å². The first kappa shape index (κ1) is 18.7. The van der Waals surface area contributed by atoms with Crippen LogP contribution in [0.3, 0.4) is 0 Å². The zero-order valence-electron chi connectivity index (χ0n) is 13.1. The molecule has 9 nitrogen and oxygen atoms in total. The van der Waals surface area contributed by atoms with Crippen molar-refractivity contribution in [3.05, 3.63) is 40.2 Å². The highest BCUT2D eigenvalue weighted by molar-refractivity contribution is 6.36. The van der Waals surface area contributed by atoms with E-state index in [1.807, 2.05) is 0 Å². The van der Waals surface area contributed by atoms with Gasteiger partial charge in [0.2, 0.25) is 0 Å². The lowest BCUT2D eigenvalue weighted by Gasteiger charge is -2.19. The average molecular weight is 352 g/mol. The maximum Gasteiger partial charge on any atom is 0.382 e. The normalized spacial score (nSPS) is 14.8. The van der Waals surface area contributed by atoms with E-state index in [-0.39, 0.29) is 11.3 Å². The van der Waals surface area contributed by atoms with Gasteiger partial charge in [-0.25, -0.2) is 9.59 Å². The molecule has 134 valence electrons. The van der Waals surface area contributed by atoms with Gasteiger partial charge in [-0.2, -0.15) is 0 Å². The van der Waals surface area contributed by atoms with Gasteiger partial charge >= 0.3 is 11.6 Å². The third kappa shape index (κ3) is 4.09. The lowest BCUT2D eigenvalue weighted by Crippen LogP contribution is -2.47. The van der Waals surface area contributed by atoms with Gasteiger partial charge in [0.05, 0.1) is 6.61 Å². The van der Waals surface area contributed by atoms with Crippen LogP contribution < -0.4 is 10.4 Å². The highest BCUT2D eigenvalue weighted by atomic mass is 16.5. The summed E-state index contributed by atoms with van der Waals surface area (Å²) in [5, 5.41) is 37.4. The predicted molar refractivity (Wildman–Crippen MR) is 83.0 cm³/mol. The molecule has 0 unspecified atom stereocenters. The molecule has 1 aromatic carbocycles. The minimum atomic E-state index is -2.27. The summed E-state index contributed by atoms with van der Waals surface area (Å²) in [6, 6.07) is 5.64. The van der Waals surface area contributed by atoms with E-state index in [1.165, 1.54) is 18.2 Å². The summed E-state index contributed by atoms with van der Waals surface area (Å²) in [6.07, 6.45) is -6.12. The number of rotatable bonds is 6. The van der Waals surface area contributed by atoms with Gasteiger partial charge in [0.15, 0.2) is 6.10 Å². The van der Waals surface area contributed by atoms with E-state index < -0.39 is 42.3 Å². The van der Waals surface area contributed by atoms with Gasteiger partial charge in [0, 0.05) is 17.0 Å². The third-order valence-corrected chi connectivity index (χ3v) is 3.47. The molecule has 0 spiro atoms. The Morgan fingerprint density at radius 3 is 2.52 bits per heavy atom. The van der Waals surface area contributed by atoms with E-state index in [1.54, 1.807) is 13.0 Å². The van der Waals surface area contributed by atoms with Crippen molar-refractivity contribution in [2.75, 3.05) is 6.61 Å². The Bertz CT molecular complexity index is 854. The van der Waals surface area contributed by atoms with Gasteiger partial charge in [-0.15, -0.1) is 0 Å². The van der Waals surface area contributed by atoms with Gasteiger partial charge in [0.1, 0.15) is 23.5 Å². The summed E-state index contributed by atoms with van der Waals surface area (Å²) in [7, 11) is 0. The molecular weight excluding hydrogens is 336 g/mol. The zero-order chi connectivity index (χ0) is 18.7. The molecule has 0 saturated heterocycles. The summed E-state index contributed by atoms with van der Waals surface area (Å²) in [4.78, 5) is 35.0. The average Bonchev–Trinajstić information content (AvgIpc) is 2.60. The van der Waals surface area contributed by atoms with Crippen LogP contribution in [-0.4, -0.2) is 57.1 Å². The van der Waals surface area contributed by atoms with Gasteiger partial charge in [-0.05, 0) is 25.1 Å². The topological polar surface area (TPSA) is 154 Å². The number of ketones is 1. The Morgan fingerprint density at radius 2 is 1.88 bits per heavy atom. The van der Waals surface area contributed by atoms with Crippen molar-refractivity contribution in [1.29, 1.82) is 0 Å². The minimum absolute atomic E-state index is 0.123. The molecule has 4 N–H and O–H groups in total. The number of carbonyl (C=O) groups is 2. The number of Topliss-reactive ketones (excluding diaryl/α,β-unsaturated/α-hetero) is 1. The van der Waals surface area contributed by atoms with Gasteiger partial charge in [0.25, 0.3) is 5.78 Å². The van der Waals surface area contributed by atoms with Crippen molar-refractivity contribution < 1.29 is 39.2 Å². The fraction of sp³-hybridized carbons (Fsp3) is 0.312. The van der Waals surface area contributed by atoms with Crippen LogP contribution in [0.2, 0.25) is 0 Å². The fourth-order valence-electron chi connectivity index (χ4n) is 2.01. The third-order valence-electron chi connectivity index (χ3n) is 3.47. The molecule has 0 amide bonds. The van der Waals surface area contributed by atoms with Crippen LogP contribution in [0, 0.1) is 6.92 Å². The maximum atomic E-state index is 11.7. The number of aliphatic hydroxyl groups excluding tert-OH is 4. The summed E-state index contributed by atoms with van der Waals surface area (Å²) < 4.78 is 9.80. The van der Waals surface area contributed by atoms with Gasteiger partial charge in [-0.1, -0.05) is 0 Å². The first-order chi connectivity index (χ1) is 11.7. The first-order valence-electron chi connectivity index (χ1n) is 7.20. The van der Waals surface area contributed by atoms with Gasteiger partial charge < -0.3 is 29.6 Å². The Kier molecular flexibility index (Phi) is 5.65. The summed E-state index contributed by atoms with van der Waals surface area (Å²) in [5.41, 5.74) is -0.0415. The molecule has 9 heteroatoms. The Balaban J connectivity index is 2.17. The molecule has 2 aromatic rings. The van der Waals surface area contributed by atoms with Gasteiger partial charge in [-0.3, -0.25) is 4.79 Å². The summed E-state index contributed by atoms with van der Waals surface area (Å²) in [6.45, 7) is 0.662. The Hall–Kier alpha value is -2.59. The standard InChI is InChI=1S/C16H16O9/c1-7-4-8-2-3-9(5-11(8)25-15(7)22)24-16(23)14(21)13(20)12(19)10(18)6-17/h2-5,10,12-13,17-20H,6H2,1H3/t10-,12+,13-/m0/s1. The lowest BCUT2D eigenvalue weighted by molar-refractivity contribution is -0.157. The van der Waals surface area contributed by atoms with Crippen LogP contribution >= 0.6 is 0 Å². The molecular formula is C16H16O9. The van der Waals surface area contributed by atoms with Crippen molar-refractivity contribution in [2.24, 2.45) is 0 Å². The van der Waals surface area contributed by atoms with Crippen molar-refractivity contribution in [3.63, 3.8) is 0 Å². The first-order valence-corrected chi connectivity index (χ1v) is 7.20. The summed E-state index contributed by atoms with van der Waals surface area (Å²) in [5.74, 6) is -3.13.